The Morgan fingerprint density at radius 3 is 2.57 bits per heavy atom. The van der Waals surface area contributed by atoms with Gasteiger partial charge in [-0.15, -0.1) is 11.3 Å². The van der Waals surface area contributed by atoms with E-state index in [1.165, 1.54) is 17.4 Å². The van der Waals surface area contributed by atoms with Crippen molar-refractivity contribution in [2.45, 2.75) is 6.18 Å². The molecule has 2 aromatic rings. The average Bonchev–Trinajstić information content (AvgIpc) is 2.41. The minimum atomic E-state index is -4.26. The molecule has 0 aliphatic heterocycles. The molecule has 0 atom stereocenters. The van der Waals surface area contributed by atoms with Gasteiger partial charge < -0.3 is 0 Å². The van der Waals surface area contributed by atoms with Crippen LogP contribution in [0.1, 0.15) is 5.56 Å². The van der Waals surface area contributed by atoms with Gasteiger partial charge in [0.1, 0.15) is 0 Å². The van der Waals surface area contributed by atoms with E-state index in [1.807, 2.05) is 22.6 Å². The van der Waals surface area contributed by atoms with Crippen molar-refractivity contribution >= 4 is 44.0 Å². The van der Waals surface area contributed by atoms with Crippen LogP contribution in [0, 0.1) is 2.88 Å². The van der Waals surface area contributed by atoms with Crippen molar-refractivity contribution in [1.82, 2.24) is 0 Å². The number of halogens is 4. The third kappa shape index (κ3) is 1.75. The van der Waals surface area contributed by atoms with Crippen LogP contribution in [0.15, 0.2) is 24.3 Å². The van der Waals surface area contributed by atoms with Crippen molar-refractivity contribution < 1.29 is 13.2 Å². The molecule has 0 bridgehead atoms. The van der Waals surface area contributed by atoms with Crippen LogP contribution in [-0.2, 0) is 6.18 Å². The first-order valence-corrected chi connectivity index (χ1v) is 5.63. The van der Waals surface area contributed by atoms with Gasteiger partial charge in [0.2, 0.25) is 0 Å². The molecule has 0 radical (unpaired) electrons. The van der Waals surface area contributed by atoms with Gasteiger partial charge in [-0.25, -0.2) is 0 Å². The Hall–Kier alpha value is -0.300. The molecule has 1 aromatic carbocycles. The summed E-state index contributed by atoms with van der Waals surface area (Å²) in [6, 6.07) is 5.84. The SMILES string of the molecule is FC(F)(F)c1cccc2sc(I)cc12. The molecule has 1 aromatic heterocycles. The molecular formula is C9H4F3IS. The standard InChI is InChI=1S/C9H4F3IS/c10-9(11,12)6-2-1-3-7-5(6)4-8(13)14-7/h1-4H. The Bertz CT molecular complexity index is 472. The Labute approximate surface area is 95.9 Å². The van der Waals surface area contributed by atoms with E-state index < -0.39 is 11.7 Å². The summed E-state index contributed by atoms with van der Waals surface area (Å²) in [6.07, 6.45) is -4.26. The number of fused-ring (bicyclic) bond motifs is 1. The summed E-state index contributed by atoms with van der Waals surface area (Å²) in [5, 5.41) is 0.300. The molecule has 74 valence electrons. The van der Waals surface area contributed by atoms with E-state index in [2.05, 4.69) is 0 Å². The lowest BCUT2D eigenvalue weighted by Crippen LogP contribution is -2.04. The zero-order valence-corrected chi connectivity index (χ0v) is 9.70. The maximum atomic E-state index is 12.5. The quantitative estimate of drug-likeness (QED) is 0.624. The van der Waals surface area contributed by atoms with Gasteiger partial charge in [0.05, 0.1) is 8.45 Å². The van der Waals surface area contributed by atoms with Gasteiger partial charge in [0, 0.05) is 10.1 Å². The van der Waals surface area contributed by atoms with Crippen LogP contribution in [0.2, 0.25) is 0 Å². The lowest BCUT2D eigenvalue weighted by atomic mass is 10.1. The van der Waals surface area contributed by atoms with Gasteiger partial charge in [-0.2, -0.15) is 13.2 Å². The molecule has 14 heavy (non-hydrogen) atoms. The predicted molar refractivity (Wildman–Crippen MR) is 59.5 cm³/mol. The molecule has 0 saturated heterocycles. The Morgan fingerprint density at radius 1 is 1.21 bits per heavy atom. The third-order valence-electron chi connectivity index (χ3n) is 1.84. The zero-order valence-electron chi connectivity index (χ0n) is 6.73. The summed E-state index contributed by atoms with van der Waals surface area (Å²) in [6.45, 7) is 0. The number of hydrogen-bond acceptors (Lipinski definition) is 1. The first-order chi connectivity index (χ1) is 6.48. The van der Waals surface area contributed by atoms with E-state index in [0.717, 1.165) is 8.95 Å². The third-order valence-corrected chi connectivity index (χ3v) is 3.70. The maximum Gasteiger partial charge on any atom is 0.417 e. The number of benzene rings is 1. The fraction of sp³-hybridized carbons (Fsp3) is 0.111. The topological polar surface area (TPSA) is 0 Å². The zero-order chi connectivity index (χ0) is 10.3. The molecule has 0 aliphatic carbocycles. The Balaban J connectivity index is 2.77. The highest BCUT2D eigenvalue weighted by Gasteiger charge is 2.32. The van der Waals surface area contributed by atoms with Gasteiger partial charge in [-0.3, -0.25) is 0 Å². The molecule has 0 amide bonds. The van der Waals surface area contributed by atoms with Gasteiger partial charge in [-0.05, 0) is 40.8 Å². The molecule has 0 saturated carbocycles. The summed E-state index contributed by atoms with van der Waals surface area (Å²) in [5.74, 6) is 0. The number of alkyl halides is 3. The van der Waals surface area contributed by atoms with Gasteiger partial charge in [-0.1, -0.05) is 6.07 Å². The summed E-state index contributed by atoms with van der Waals surface area (Å²) >= 11 is 3.40. The fourth-order valence-corrected chi connectivity index (χ4v) is 3.11. The number of thiophene rings is 1. The molecule has 0 nitrogen and oxygen atoms in total. The summed E-state index contributed by atoms with van der Waals surface area (Å²) in [5.41, 5.74) is -0.547. The van der Waals surface area contributed by atoms with E-state index in [-0.39, 0.29) is 0 Å². The van der Waals surface area contributed by atoms with Gasteiger partial charge in [0.15, 0.2) is 0 Å². The van der Waals surface area contributed by atoms with Crippen molar-refractivity contribution in [1.29, 1.82) is 0 Å². The summed E-state index contributed by atoms with van der Waals surface area (Å²) in [7, 11) is 0. The van der Waals surface area contributed by atoms with E-state index in [1.54, 1.807) is 12.1 Å². The van der Waals surface area contributed by atoms with Crippen LogP contribution < -0.4 is 0 Å². The lowest BCUT2D eigenvalue weighted by molar-refractivity contribution is -0.136. The van der Waals surface area contributed by atoms with Crippen LogP contribution >= 0.6 is 33.9 Å². The van der Waals surface area contributed by atoms with Crippen molar-refractivity contribution in [2.24, 2.45) is 0 Å². The molecule has 2 rings (SSSR count). The van der Waals surface area contributed by atoms with Crippen LogP contribution in [-0.4, -0.2) is 0 Å². The molecule has 0 aliphatic rings. The van der Waals surface area contributed by atoms with E-state index in [0.29, 0.717) is 10.1 Å². The molecule has 0 fully saturated rings. The second-order valence-corrected chi connectivity index (χ2v) is 5.74. The van der Waals surface area contributed by atoms with Gasteiger partial charge >= 0.3 is 6.18 Å². The van der Waals surface area contributed by atoms with Crippen molar-refractivity contribution in [3.05, 3.63) is 32.7 Å². The second-order valence-electron chi connectivity index (χ2n) is 2.77. The fourth-order valence-electron chi connectivity index (χ4n) is 1.28. The summed E-state index contributed by atoms with van der Waals surface area (Å²) in [4.78, 5) is 0. The Kier molecular flexibility index (Phi) is 2.46. The van der Waals surface area contributed by atoms with Crippen LogP contribution in [0.3, 0.4) is 0 Å². The first kappa shape index (κ1) is 10.2. The van der Waals surface area contributed by atoms with Crippen LogP contribution in [0.25, 0.3) is 10.1 Å². The lowest BCUT2D eigenvalue weighted by Gasteiger charge is -2.06. The molecule has 5 heteroatoms. The van der Waals surface area contributed by atoms with Gasteiger partial charge in [0.25, 0.3) is 0 Å². The largest absolute Gasteiger partial charge is 0.417 e. The van der Waals surface area contributed by atoms with Crippen molar-refractivity contribution in [2.75, 3.05) is 0 Å². The second kappa shape index (κ2) is 3.37. The Morgan fingerprint density at radius 2 is 1.93 bits per heavy atom. The highest BCUT2D eigenvalue weighted by atomic mass is 127. The van der Waals surface area contributed by atoms with E-state index in [9.17, 15) is 13.2 Å². The minimum Gasteiger partial charge on any atom is -0.166 e. The average molecular weight is 328 g/mol. The summed E-state index contributed by atoms with van der Waals surface area (Å²) < 4.78 is 39.1. The molecule has 1 heterocycles. The van der Waals surface area contributed by atoms with Crippen LogP contribution in [0.4, 0.5) is 13.2 Å². The minimum absolute atomic E-state index is 0.300. The van der Waals surface area contributed by atoms with E-state index >= 15 is 0 Å². The van der Waals surface area contributed by atoms with Crippen molar-refractivity contribution in [3.8, 4) is 0 Å². The number of rotatable bonds is 0. The highest BCUT2D eigenvalue weighted by molar-refractivity contribution is 14.1. The normalized spacial score (nSPS) is 12.3. The molecule has 0 N–H and O–H groups in total. The monoisotopic (exact) mass is 328 g/mol. The maximum absolute atomic E-state index is 12.5. The van der Waals surface area contributed by atoms with Crippen molar-refractivity contribution in [3.63, 3.8) is 0 Å². The first-order valence-electron chi connectivity index (χ1n) is 3.74. The predicted octanol–water partition coefficient (Wildman–Crippen LogP) is 4.52. The molecule has 0 spiro atoms. The number of hydrogen-bond donors (Lipinski definition) is 0. The molecule has 0 unspecified atom stereocenters. The smallest absolute Gasteiger partial charge is 0.166 e. The molecular weight excluding hydrogens is 324 g/mol. The van der Waals surface area contributed by atoms with Crippen LogP contribution in [0.5, 0.6) is 0 Å². The van der Waals surface area contributed by atoms with E-state index in [4.69, 9.17) is 0 Å². The highest BCUT2D eigenvalue weighted by Crippen LogP contribution is 2.38.